The van der Waals surface area contributed by atoms with Gasteiger partial charge in [-0.15, -0.1) is 18.3 Å². The van der Waals surface area contributed by atoms with E-state index >= 15 is 0 Å². The van der Waals surface area contributed by atoms with Gasteiger partial charge in [0.25, 0.3) is 0 Å². The number of nitrogens with zero attached hydrogens (tertiary/aromatic N) is 4. The molecule has 0 saturated heterocycles. The fraction of sp³-hybridized carbons (Fsp3) is 0.154. The van der Waals surface area contributed by atoms with Crippen LogP contribution in [0.2, 0.25) is 0 Å². The van der Waals surface area contributed by atoms with Crippen LogP contribution >= 0.6 is 12.2 Å². The molecule has 0 aliphatic heterocycles. The van der Waals surface area contributed by atoms with Gasteiger partial charge in [0.2, 0.25) is 0 Å². The van der Waals surface area contributed by atoms with Crippen LogP contribution in [-0.4, -0.2) is 53.8 Å². The predicted molar refractivity (Wildman–Crippen MR) is 147 cm³/mol. The summed E-state index contributed by atoms with van der Waals surface area (Å²) in [5.41, 5.74) is 5.29. The van der Waals surface area contributed by atoms with Crippen LogP contribution in [0.15, 0.2) is 72.1 Å². The van der Waals surface area contributed by atoms with E-state index in [0.29, 0.717) is 34.4 Å². The molecule has 14 heteroatoms. The molecule has 1 heterocycles. The van der Waals surface area contributed by atoms with E-state index in [4.69, 9.17) is 26.4 Å². The first-order valence-electron chi connectivity index (χ1n) is 11.5. The summed E-state index contributed by atoms with van der Waals surface area (Å²) in [7, 11) is 4.58. The van der Waals surface area contributed by atoms with E-state index in [9.17, 15) is 13.2 Å². The molecule has 0 bridgehead atoms. The molecule has 0 unspecified atom stereocenters. The van der Waals surface area contributed by atoms with Crippen LogP contribution in [0, 0.1) is 0 Å². The summed E-state index contributed by atoms with van der Waals surface area (Å²) in [5, 5.41) is 11.8. The molecule has 0 radical (unpaired) electrons. The summed E-state index contributed by atoms with van der Waals surface area (Å²) in [6.45, 7) is 0. The Morgan fingerprint density at radius 2 is 1.57 bits per heavy atom. The largest absolute Gasteiger partial charge is 0.573 e. The number of rotatable bonds is 9. The first-order chi connectivity index (χ1) is 19.2. The van der Waals surface area contributed by atoms with E-state index < -0.39 is 6.36 Å². The molecule has 1 aromatic heterocycles. The van der Waals surface area contributed by atoms with Crippen LogP contribution in [0.25, 0.3) is 17.1 Å². The second-order valence-electron chi connectivity index (χ2n) is 7.91. The van der Waals surface area contributed by atoms with E-state index in [0.717, 1.165) is 11.1 Å². The third-order valence-electron chi connectivity index (χ3n) is 5.33. The topological polar surface area (TPSA) is 104 Å². The van der Waals surface area contributed by atoms with E-state index in [1.54, 1.807) is 25.5 Å². The van der Waals surface area contributed by atoms with Crippen molar-refractivity contribution < 1.29 is 32.1 Å². The molecule has 3 aromatic carbocycles. The maximum absolute atomic E-state index is 12.4. The van der Waals surface area contributed by atoms with Crippen molar-refractivity contribution in [2.45, 2.75) is 6.36 Å². The van der Waals surface area contributed by atoms with Gasteiger partial charge in [-0.3, -0.25) is 5.43 Å². The molecule has 2 N–H and O–H groups in total. The van der Waals surface area contributed by atoms with Crippen molar-refractivity contribution >= 4 is 29.2 Å². The first-order valence-corrected chi connectivity index (χ1v) is 11.9. The van der Waals surface area contributed by atoms with Crippen LogP contribution in [0.3, 0.4) is 0 Å². The minimum Gasteiger partial charge on any atom is -0.496 e. The van der Waals surface area contributed by atoms with Gasteiger partial charge in [-0.2, -0.15) is 5.10 Å². The van der Waals surface area contributed by atoms with Gasteiger partial charge < -0.3 is 24.3 Å². The molecule has 0 spiro atoms. The molecule has 0 amide bonds. The lowest BCUT2D eigenvalue weighted by Crippen LogP contribution is -2.24. The highest BCUT2D eigenvalue weighted by atomic mass is 32.1. The molecule has 0 aliphatic rings. The number of benzene rings is 3. The quantitative estimate of drug-likeness (QED) is 0.160. The molecule has 4 rings (SSSR count). The summed E-state index contributed by atoms with van der Waals surface area (Å²) in [4.78, 5) is 4.28. The van der Waals surface area contributed by atoms with E-state index in [1.165, 1.54) is 49.5 Å². The third-order valence-corrected chi connectivity index (χ3v) is 5.52. The van der Waals surface area contributed by atoms with E-state index in [-0.39, 0.29) is 10.9 Å². The Morgan fingerprint density at radius 3 is 2.15 bits per heavy atom. The van der Waals surface area contributed by atoms with Gasteiger partial charge in [0.05, 0.1) is 33.2 Å². The van der Waals surface area contributed by atoms with Gasteiger partial charge in [-0.25, -0.2) is 9.67 Å². The van der Waals surface area contributed by atoms with Crippen molar-refractivity contribution in [2.24, 2.45) is 5.10 Å². The Bertz CT molecular complexity index is 1470. The van der Waals surface area contributed by atoms with Crippen molar-refractivity contribution in [3.8, 4) is 40.1 Å². The Hall–Kier alpha value is -4.85. The first kappa shape index (κ1) is 28.2. The number of aromatic nitrogens is 3. The van der Waals surface area contributed by atoms with Gasteiger partial charge in [-0.1, -0.05) is 24.3 Å². The molecule has 0 saturated carbocycles. The number of halogens is 3. The van der Waals surface area contributed by atoms with Gasteiger partial charge in [-0.05, 0) is 42.0 Å². The number of anilines is 1. The Balaban J connectivity index is 1.36. The summed E-state index contributed by atoms with van der Waals surface area (Å²) < 4.78 is 58.5. The van der Waals surface area contributed by atoms with Gasteiger partial charge in [0, 0.05) is 17.7 Å². The van der Waals surface area contributed by atoms with Crippen LogP contribution in [-0.2, 0) is 0 Å². The summed E-state index contributed by atoms with van der Waals surface area (Å²) >= 11 is 5.33. The highest BCUT2D eigenvalue weighted by Crippen LogP contribution is 2.38. The Kier molecular flexibility index (Phi) is 8.69. The monoisotopic (exact) mass is 572 g/mol. The van der Waals surface area contributed by atoms with Crippen molar-refractivity contribution in [2.75, 3.05) is 26.6 Å². The normalized spacial score (nSPS) is 11.2. The average Bonchev–Trinajstić information content (AvgIpc) is 3.43. The molecule has 0 fully saturated rings. The van der Waals surface area contributed by atoms with Gasteiger partial charge >= 0.3 is 6.36 Å². The van der Waals surface area contributed by atoms with Crippen molar-refractivity contribution in [1.29, 1.82) is 0 Å². The van der Waals surface area contributed by atoms with Crippen LogP contribution in [0.5, 0.6) is 23.0 Å². The predicted octanol–water partition coefficient (Wildman–Crippen LogP) is 5.18. The van der Waals surface area contributed by atoms with Crippen LogP contribution in [0.1, 0.15) is 5.56 Å². The second kappa shape index (κ2) is 12.3. The smallest absolute Gasteiger partial charge is 0.496 e. The zero-order valence-corrected chi connectivity index (χ0v) is 22.2. The molecule has 0 aliphatic carbocycles. The summed E-state index contributed by atoms with van der Waals surface area (Å²) in [6, 6.07) is 16.0. The SMILES string of the molecule is COc1cc(OC)c(NC(=S)N/N=C/c2ccc(-c3ncn(-c4ccc(OC(F)(F)F)cc4)n3)cc2)c(OC)c1. The van der Waals surface area contributed by atoms with Crippen LogP contribution < -0.4 is 29.7 Å². The highest BCUT2D eigenvalue weighted by Gasteiger charge is 2.31. The minimum absolute atomic E-state index is 0.211. The molecule has 40 heavy (non-hydrogen) atoms. The second-order valence-corrected chi connectivity index (χ2v) is 8.32. The number of hydrogen-bond donors (Lipinski definition) is 2. The molecular formula is C26H23F3N6O4S. The molecule has 10 nitrogen and oxygen atoms in total. The van der Waals surface area contributed by atoms with Crippen LogP contribution in [0.4, 0.5) is 18.9 Å². The lowest BCUT2D eigenvalue weighted by molar-refractivity contribution is -0.274. The molecule has 208 valence electrons. The molecular weight excluding hydrogens is 549 g/mol. The number of alkyl halides is 3. The van der Waals surface area contributed by atoms with E-state index in [1.807, 2.05) is 24.3 Å². The lowest BCUT2D eigenvalue weighted by atomic mass is 10.1. The Morgan fingerprint density at radius 1 is 0.925 bits per heavy atom. The Labute approximate surface area is 232 Å². The van der Waals surface area contributed by atoms with Crippen molar-refractivity contribution in [1.82, 2.24) is 20.2 Å². The standard InChI is InChI=1S/C26H23F3N6O4S/c1-36-20-12-21(37-2)23(22(13-20)38-3)32-25(40)33-31-14-16-4-6-17(7-5-16)24-30-15-35(34-24)18-8-10-19(11-9-18)39-26(27,28)29/h4-15H,1-3H3,(H2,32,33,40)/b31-14+. The van der Waals surface area contributed by atoms with Gasteiger partial charge in [0.1, 0.15) is 35.0 Å². The van der Waals surface area contributed by atoms with Crippen molar-refractivity contribution in [3.05, 3.63) is 72.6 Å². The number of thiocarbonyl (C=S) groups is 1. The maximum Gasteiger partial charge on any atom is 0.573 e. The number of methoxy groups -OCH3 is 3. The zero-order chi connectivity index (χ0) is 28.7. The fourth-order valence-corrected chi connectivity index (χ4v) is 3.63. The van der Waals surface area contributed by atoms with E-state index in [2.05, 4.69) is 30.7 Å². The number of nitrogens with one attached hydrogen (secondary N) is 2. The highest BCUT2D eigenvalue weighted by molar-refractivity contribution is 7.80. The fourth-order valence-electron chi connectivity index (χ4n) is 3.47. The third kappa shape index (κ3) is 7.17. The number of hydrogen-bond acceptors (Lipinski definition) is 8. The molecule has 4 aromatic rings. The summed E-state index contributed by atoms with van der Waals surface area (Å²) in [5.74, 6) is 1.63. The number of hydrazone groups is 1. The minimum atomic E-state index is -4.75. The average molecular weight is 573 g/mol. The summed E-state index contributed by atoms with van der Waals surface area (Å²) in [6.07, 6.45) is -1.71. The lowest BCUT2D eigenvalue weighted by Gasteiger charge is -2.16. The molecule has 0 atom stereocenters. The number of ether oxygens (including phenoxy) is 4. The zero-order valence-electron chi connectivity index (χ0n) is 21.4. The van der Waals surface area contributed by atoms with Crippen molar-refractivity contribution in [3.63, 3.8) is 0 Å². The maximum atomic E-state index is 12.4. The van der Waals surface area contributed by atoms with Gasteiger partial charge in [0.15, 0.2) is 10.9 Å².